The van der Waals surface area contributed by atoms with E-state index < -0.39 is 0 Å². The molecule has 5 rings (SSSR count). The van der Waals surface area contributed by atoms with E-state index >= 15 is 0 Å². The SMILES string of the molecule is Cc1ccccc1CNC(=O)n1nc(-c2cc(NC(=O)c3cccs3)ccc2O)cc1C1CCCC1. The smallest absolute Gasteiger partial charge is 0.342 e. The average Bonchev–Trinajstić information content (AvgIpc) is 3.66. The van der Waals surface area contributed by atoms with Gasteiger partial charge in [0.1, 0.15) is 5.75 Å². The molecule has 0 spiro atoms. The van der Waals surface area contributed by atoms with Crippen molar-refractivity contribution in [2.45, 2.75) is 45.1 Å². The van der Waals surface area contributed by atoms with Gasteiger partial charge in [0, 0.05) is 23.7 Å². The van der Waals surface area contributed by atoms with Gasteiger partial charge >= 0.3 is 6.03 Å². The number of hydrogen-bond donors (Lipinski definition) is 3. The zero-order valence-electron chi connectivity index (χ0n) is 20.0. The normalized spacial score (nSPS) is 13.6. The van der Waals surface area contributed by atoms with Crippen LogP contribution in [0.15, 0.2) is 66.0 Å². The second-order valence-corrected chi connectivity index (χ2v) is 10.0. The van der Waals surface area contributed by atoms with Crippen LogP contribution in [0, 0.1) is 6.92 Å². The highest BCUT2D eigenvalue weighted by molar-refractivity contribution is 7.12. The summed E-state index contributed by atoms with van der Waals surface area (Å²) < 4.78 is 1.44. The largest absolute Gasteiger partial charge is 0.507 e. The number of rotatable bonds is 6. The van der Waals surface area contributed by atoms with Crippen LogP contribution >= 0.6 is 11.3 Å². The minimum atomic E-state index is -0.298. The van der Waals surface area contributed by atoms with Gasteiger partial charge in [0.05, 0.1) is 16.3 Å². The van der Waals surface area contributed by atoms with Crippen molar-refractivity contribution in [3.63, 3.8) is 0 Å². The molecule has 1 fully saturated rings. The number of benzene rings is 2. The Morgan fingerprint density at radius 2 is 1.89 bits per heavy atom. The number of nitrogens with zero attached hydrogens (tertiary/aromatic N) is 2. The van der Waals surface area contributed by atoms with E-state index in [0.717, 1.165) is 42.5 Å². The zero-order chi connectivity index (χ0) is 25.1. The maximum atomic E-state index is 13.3. The zero-order valence-corrected chi connectivity index (χ0v) is 20.8. The van der Waals surface area contributed by atoms with E-state index in [-0.39, 0.29) is 23.6 Å². The minimum Gasteiger partial charge on any atom is -0.507 e. The quantitative estimate of drug-likeness (QED) is 0.271. The van der Waals surface area contributed by atoms with E-state index in [2.05, 4.69) is 15.7 Å². The number of carbonyl (C=O) groups is 2. The molecule has 0 radical (unpaired) electrons. The number of amides is 2. The van der Waals surface area contributed by atoms with Crippen molar-refractivity contribution in [3.05, 3.63) is 87.7 Å². The Kier molecular flexibility index (Phi) is 6.86. The molecule has 184 valence electrons. The third-order valence-electron chi connectivity index (χ3n) is 6.67. The predicted molar refractivity (Wildman–Crippen MR) is 142 cm³/mol. The first-order valence-electron chi connectivity index (χ1n) is 12.1. The third kappa shape index (κ3) is 5.04. The van der Waals surface area contributed by atoms with Crippen LogP contribution in [0.1, 0.15) is 58.1 Å². The summed E-state index contributed by atoms with van der Waals surface area (Å²) in [6.45, 7) is 2.42. The molecule has 0 atom stereocenters. The van der Waals surface area contributed by atoms with Crippen LogP contribution < -0.4 is 10.6 Å². The molecule has 0 unspecified atom stereocenters. The molecule has 7 nitrogen and oxygen atoms in total. The lowest BCUT2D eigenvalue weighted by atomic mass is 10.0. The van der Waals surface area contributed by atoms with Gasteiger partial charge in [-0.25, -0.2) is 4.79 Å². The molecular weight excluding hydrogens is 472 g/mol. The Morgan fingerprint density at radius 3 is 2.64 bits per heavy atom. The first kappa shape index (κ1) is 23.8. The Hall–Kier alpha value is -3.91. The highest BCUT2D eigenvalue weighted by Crippen LogP contribution is 2.38. The van der Waals surface area contributed by atoms with Gasteiger partial charge in [-0.2, -0.15) is 9.78 Å². The van der Waals surface area contributed by atoms with Gasteiger partial charge in [-0.05, 0) is 66.6 Å². The number of phenolic OH excluding ortho intramolecular Hbond substituents is 1. The second-order valence-electron chi connectivity index (χ2n) is 9.10. The van der Waals surface area contributed by atoms with Gasteiger partial charge in [0.15, 0.2) is 0 Å². The van der Waals surface area contributed by atoms with Crippen molar-refractivity contribution in [3.8, 4) is 17.0 Å². The van der Waals surface area contributed by atoms with Gasteiger partial charge in [-0.3, -0.25) is 4.79 Å². The van der Waals surface area contributed by atoms with Crippen LogP contribution in [0.4, 0.5) is 10.5 Å². The van der Waals surface area contributed by atoms with Crippen LogP contribution in [-0.2, 0) is 6.54 Å². The van der Waals surface area contributed by atoms with Gasteiger partial charge < -0.3 is 15.7 Å². The molecule has 1 aliphatic carbocycles. The molecule has 0 saturated heterocycles. The van der Waals surface area contributed by atoms with Crippen LogP contribution in [0.5, 0.6) is 5.75 Å². The van der Waals surface area contributed by atoms with E-state index in [0.29, 0.717) is 28.4 Å². The molecule has 2 aromatic heterocycles. The van der Waals surface area contributed by atoms with Gasteiger partial charge in [-0.1, -0.05) is 43.2 Å². The second kappa shape index (κ2) is 10.4. The van der Waals surface area contributed by atoms with E-state index in [1.54, 1.807) is 18.2 Å². The van der Waals surface area contributed by atoms with Crippen molar-refractivity contribution in [2.24, 2.45) is 0 Å². The summed E-state index contributed by atoms with van der Waals surface area (Å²) in [7, 11) is 0. The Labute approximate surface area is 213 Å². The summed E-state index contributed by atoms with van der Waals surface area (Å²) in [4.78, 5) is 26.4. The van der Waals surface area contributed by atoms with Crippen molar-refractivity contribution in [1.29, 1.82) is 0 Å². The topological polar surface area (TPSA) is 96.3 Å². The van der Waals surface area contributed by atoms with Gasteiger partial charge in [0.25, 0.3) is 5.91 Å². The number of phenols is 1. The van der Waals surface area contributed by atoms with Crippen molar-refractivity contribution in [1.82, 2.24) is 15.1 Å². The Bertz CT molecular complexity index is 1390. The molecule has 2 heterocycles. The lowest BCUT2D eigenvalue weighted by Crippen LogP contribution is -2.31. The number of aromatic hydroxyl groups is 1. The first-order valence-corrected chi connectivity index (χ1v) is 13.0. The molecule has 3 N–H and O–H groups in total. The predicted octanol–water partition coefficient (Wildman–Crippen LogP) is 6.29. The number of nitrogens with one attached hydrogen (secondary N) is 2. The molecule has 4 aromatic rings. The molecule has 0 bridgehead atoms. The summed E-state index contributed by atoms with van der Waals surface area (Å²) >= 11 is 1.36. The lowest BCUT2D eigenvalue weighted by molar-refractivity contribution is 0.103. The van der Waals surface area contributed by atoms with E-state index in [1.807, 2.05) is 48.7 Å². The van der Waals surface area contributed by atoms with Crippen molar-refractivity contribution < 1.29 is 14.7 Å². The first-order chi connectivity index (χ1) is 17.5. The number of aromatic nitrogens is 2. The minimum absolute atomic E-state index is 0.0343. The average molecular weight is 501 g/mol. The molecule has 2 aromatic carbocycles. The van der Waals surface area contributed by atoms with Gasteiger partial charge in [0.2, 0.25) is 0 Å². The Balaban J connectivity index is 1.43. The van der Waals surface area contributed by atoms with Crippen LogP contribution in [0.25, 0.3) is 11.3 Å². The summed E-state index contributed by atoms with van der Waals surface area (Å²) in [5.41, 5.74) is 4.50. The maximum absolute atomic E-state index is 13.3. The van der Waals surface area contributed by atoms with Gasteiger partial charge in [-0.15, -0.1) is 11.3 Å². The molecule has 2 amide bonds. The number of hydrogen-bond acceptors (Lipinski definition) is 5. The Morgan fingerprint density at radius 1 is 1.08 bits per heavy atom. The van der Waals surface area contributed by atoms with Crippen LogP contribution in [0.3, 0.4) is 0 Å². The molecule has 1 saturated carbocycles. The number of aryl methyl sites for hydroxylation is 1. The van der Waals surface area contributed by atoms with Crippen molar-refractivity contribution in [2.75, 3.05) is 5.32 Å². The van der Waals surface area contributed by atoms with E-state index in [4.69, 9.17) is 0 Å². The molecule has 0 aliphatic heterocycles. The molecular formula is C28H28N4O3S. The molecule has 1 aliphatic rings. The fourth-order valence-electron chi connectivity index (χ4n) is 4.68. The van der Waals surface area contributed by atoms with E-state index in [9.17, 15) is 14.7 Å². The maximum Gasteiger partial charge on any atom is 0.342 e. The summed E-state index contributed by atoms with van der Waals surface area (Å²) in [5.74, 6) is 0.0563. The highest BCUT2D eigenvalue weighted by Gasteiger charge is 2.26. The number of carbonyl (C=O) groups excluding carboxylic acids is 2. The number of anilines is 1. The molecule has 36 heavy (non-hydrogen) atoms. The third-order valence-corrected chi connectivity index (χ3v) is 7.54. The monoisotopic (exact) mass is 500 g/mol. The highest BCUT2D eigenvalue weighted by atomic mass is 32.1. The summed E-state index contributed by atoms with van der Waals surface area (Å²) in [5, 5.41) is 23.0. The molecule has 8 heteroatoms. The summed E-state index contributed by atoms with van der Waals surface area (Å²) in [6, 6.07) is 18.0. The lowest BCUT2D eigenvalue weighted by Gasteiger charge is -2.13. The van der Waals surface area contributed by atoms with Crippen LogP contribution in [0.2, 0.25) is 0 Å². The van der Waals surface area contributed by atoms with Crippen molar-refractivity contribution >= 4 is 29.0 Å². The van der Waals surface area contributed by atoms with E-state index in [1.165, 1.54) is 22.1 Å². The van der Waals surface area contributed by atoms with Crippen LogP contribution in [-0.4, -0.2) is 26.8 Å². The fourth-order valence-corrected chi connectivity index (χ4v) is 5.29. The summed E-state index contributed by atoms with van der Waals surface area (Å²) in [6.07, 6.45) is 4.23. The number of thiophene rings is 1. The fraction of sp³-hybridized carbons (Fsp3) is 0.250. The standard InChI is InChI=1S/C28H28N4O3S/c1-18-7-2-3-10-20(18)17-29-28(35)32-24(19-8-4-5-9-19)16-23(31-32)22-15-21(12-13-25(22)33)30-27(34)26-11-6-14-36-26/h2-3,6-7,10-16,19,33H,4-5,8-9,17H2,1H3,(H,29,35)(H,30,34).